The van der Waals surface area contributed by atoms with Crippen molar-refractivity contribution in [1.82, 2.24) is 4.98 Å². The van der Waals surface area contributed by atoms with Gasteiger partial charge in [0.1, 0.15) is 5.82 Å². The number of alkyl halides is 1. The number of hydrogen-bond acceptors (Lipinski definition) is 3. The summed E-state index contributed by atoms with van der Waals surface area (Å²) in [5.74, 6) is 2.19. The van der Waals surface area contributed by atoms with Gasteiger partial charge in [0.15, 0.2) is 0 Å². The smallest absolute Gasteiger partial charge is 0.214 e. The monoisotopic (exact) mass is 240 g/mol. The van der Waals surface area contributed by atoms with E-state index in [4.69, 9.17) is 16.3 Å². The Labute approximate surface area is 101 Å². The molecular formula is C12H17ClN2O. The van der Waals surface area contributed by atoms with E-state index in [0.717, 1.165) is 25.2 Å². The molecule has 1 saturated carbocycles. The van der Waals surface area contributed by atoms with E-state index < -0.39 is 0 Å². The number of nitrogens with one attached hydrogen (secondary N) is 1. The third-order valence-electron chi connectivity index (χ3n) is 2.98. The topological polar surface area (TPSA) is 34.1 Å². The maximum Gasteiger partial charge on any atom is 0.214 e. The van der Waals surface area contributed by atoms with Crippen LogP contribution in [-0.2, 0) is 0 Å². The van der Waals surface area contributed by atoms with Gasteiger partial charge < -0.3 is 10.1 Å². The van der Waals surface area contributed by atoms with E-state index in [2.05, 4.69) is 10.3 Å². The number of nitrogens with zero attached hydrogens (tertiary/aromatic N) is 1. The van der Waals surface area contributed by atoms with Crippen molar-refractivity contribution in [2.45, 2.75) is 24.6 Å². The van der Waals surface area contributed by atoms with E-state index in [1.807, 2.05) is 18.2 Å². The molecule has 1 aliphatic carbocycles. The van der Waals surface area contributed by atoms with Gasteiger partial charge in [-0.1, -0.05) is 6.07 Å². The van der Waals surface area contributed by atoms with Crippen LogP contribution in [-0.4, -0.2) is 24.0 Å². The fourth-order valence-corrected chi connectivity index (χ4v) is 2.45. The molecule has 2 rings (SSSR count). The average Bonchev–Trinajstić information content (AvgIpc) is 2.73. The molecule has 2 unspecified atom stereocenters. The molecule has 0 saturated heterocycles. The minimum absolute atomic E-state index is 0.366. The lowest BCUT2D eigenvalue weighted by atomic mass is 10.1. The number of halogens is 1. The predicted octanol–water partition coefficient (Wildman–Crippen LogP) is 2.91. The van der Waals surface area contributed by atoms with Crippen molar-refractivity contribution in [2.24, 2.45) is 5.92 Å². The van der Waals surface area contributed by atoms with Crippen LogP contribution in [0.15, 0.2) is 18.2 Å². The summed E-state index contributed by atoms with van der Waals surface area (Å²) in [5, 5.41) is 3.70. The quantitative estimate of drug-likeness (QED) is 0.822. The molecule has 0 spiro atoms. The van der Waals surface area contributed by atoms with Gasteiger partial charge in [-0.2, -0.15) is 4.98 Å². The number of hydrogen-bond donors (Lipinski definition) is 1. The molecule has 1 fully saturated rings. The van der Waals surface area contributed by atoms with Crippen LogP contribution in [0.3, 0.4) is 0 Å². The van der Waals surface area contributed by atoms with Gasteiger partial charge in [-0.05, 0) is 31.2 Å². The lowest BCUT2D eigenvalue weighted by Crippen LogP contribution is -2.12. The van der Waals surface area contributed by atoms with Gasteiger partial charge in [0, 0.05) is 18.0 Å². The first kappa shape index (κ1) is 11.5. The summed E-state index contributed by atoms with van der Waals surface area (Å²) < 4.78 is 5.07. The second-order valence-electron chi connectivity index (χ2n) is 4.22. The zero-order chi connectivity index (χ0) is 11.4. The third-order valence-corrected chi connectivity index (χ3v) is 3.38. The Morgan fingerprint density at radius 2 is 2.38 bits per heavy atom. The Balaban J connectivity index is 1.84. The van der Waals surface area contributed by atoms with Gasteiger partial charge in [-0.3, -0.25) is 0 Å². The summed E-state index contributed by atoms with van der Waals surface area (Å²) in [7, 11) is 1.63. The summed E-state index contributed by atoms with van der Waals surface area (Å²) in [6.45, 7) is 0.948. The van der Waals surface area contributed by atoms with E-state index in [1.54, 1.807) is 7.11 Å². The molecule has 4 heteroatoms. The van der Waals surface area contributed by atoms with Crippen LogP contribution in [0.25, 0.3) is 0 Å². The highest BCUT2D eigenvalue weighted by atomic mass is 35.5. The molecule has 0 amide bonds. The largest absolute Gasteiger partial charge is 0.481 e. The second-order valence-corrected chi connectivity index (χ2v) is 4.84. The molecule has 0 radical (unpaired) electrons. The van der Waals surface area contributed by atoms with Crippen molar-refractivity contribution in [3.8, 4) is 5.88 Å². The van der Waals surface area contributed by atoms with Crippen molar-refractivity contribution in [1.29, 1.82) is 0 Å². The molecule has 1 N–H and O–H groups in total. The standard InChI is InChI=1S/C12H17ClN2O/c1-16-12-4-2-3-11(15-12)14-8-9-5-6-10(13)7-9/h2-4,9-10H,5-8H2,1H3,(H,14,15). The second kappa shape index (κ2) is 5.39. The highest BCUT2D eigenvalue weighted by Gasteiger charge is 2.22. The number of rotatable bonds is 4. The van der Waals surface area contributed by atoms with Crippen molar-refractivity contribution in [2.75, 3.05) is 19.0 Å². The maximum atomic E-state index is 6.07. The van der Waals surface area contributed by atoms with Crippen LogP contribution >= 0.6 is 11.6 Å². The van der Waals surface area contributed by atoms with E-state index in [9.17, 15) is 0 Å². The SMILES string of the molecule is COc1cccc(NCC2CCC(Cl)C2)n1. The van der Waals surface area contributed by atoms with Crippen LogP contribution < -0.4 is 10.1 Å². The highest BCUT2D eigenvalue weighted by Crippen LogP contribution is 2.29. The zero-order valence-electron chi connectivity index (χ0n) is 9.45. The van der Waals surface area contributed by atoms with Crippen molar-refractivity contribution in [3.05, 3.63) is 18.2 Å². The molecule has 1 aliphatic rings. The third kappa shape index (κ3) is 3.01. The highest BCUT2D eigenvalue weighted by molar-refractivity contribution is 6.20. The van der Waals surface area contributed by atoms with Gasteiger partial charge in [-0.25, -0.2) is 0 Å². The number of anilines is 1. The van der Waals surface area contributed by atoms with E-state index >= 15 is 0 Å². The van der Waals surface area contributed by atoms with E-state index in [-0.39, 0.29) is 0 Å². The molecule has 1 heterocycles. The molecule has 0 aromatic carbocycles. The fourth-order valence-electron chi connectivity index (χ4n) is 2.08. The molecule has 88 valence electrons. The molecule has 3 nitrogen and oxygen atoms in total. The van der Waals surface area contributed by atoms with Gasteiger partial charge >= 0.3 is 0 Å². The molecule has 1 aromatic heterocycles. The number of pyridine rings is 1. The zero-order valence-corrected chi connectivity index (χ0v) is 10.2. The van der Waals surface area contributed by atoms with Crippen LogP contribution in [0.2, 0.25) is 0 Å². The fraction of sp³-hybridized carbons (Fsp3) is 0.583. The summed E-state index contributed by atoms with van der Waals surface area (Å²) >= 11 is 6.07. The Morgan fingerprint density at radius 1 is 1.50 bits per heavy atom. The summed E-state index contributed by atoms with van der Waals surface area (Å²) in [6, 6.07) is 5.73. The molecule has 16 heavy (non-hydrogen) atoms. The molecule has 1 aromatic rings. The molecular weight excluding hydrogens is 224 g/mol. The van der Waals surface area contributed by atoms with Crippen LogP contribution in [0.5, 0.6) is 5.88 Å². The first-order valence-corrected chi connectivity index (χ1v) is 6.10. The van der Waals surface area contributed by atoms with Gasteiger partial charge in [0.25, 0.3) is 0 Å². The summed E-state index contributed by atoms with van der Waals surface area (Å²) in [4.78, 5) is 4.30. The Bertz CT molecular complexity index is 346. The van der Waals surface area contributed by atoms with Gasteiger partial charge in [0.05, 0.1) is 7.11 Å². The molecule has 0 aliphatic heterocycles. The summed E-state index contributed by atoms with van der Waals surface area (Å²) in [6.07, 6.45) is 3.46. The van der Waals surface area contributed by atoms with Crippen molar-refractivity contribution in [3.63, 3.8) is 0 Å². The first-order chi connectivity index (χ1) is 7.78. The number of aromatic nitrogens is 1. The van der Waals surface area contributed by atoms with Gasteiger partial charge in [-0.15, -0.1) is 11.6 Å². The van der Waals surface area contributed by atoms with E-state index in [1.165, 1.54) is 6.42 Å². The summed E-state index contributed by atoms with van der Waals surface area (Å²) in [5.41, 5.74) is 0. The molecule has 2 atom stereocenters. The minimum atomic E-state index is 0.366. The normalized spacial score (nSPS) is 24.4. The van der Waals surface area contributed by atoms with E-state index in [0.29, 0.717) is 17.2 Å². The lowest BCUT2D eigenvalue weighted by molar-refractivity contribution is 0.398. The average molecular weight is 241 g/mol. The Hall–Kier alpha value is -0.960. The Morgan fingerprint density at radius 3 is 3.06 bits per heavy atom. The first-order valence-electron chi connectivity index (χ1n) is 5.67. The Kier molecular flexibility index (Phi) is 3.88. The number of ether oxygens (including phenoxy) is 1. The van der Waals surface area contributed by atoms with Crippen molar-refractivity contribution < 1.29 is 4.74 Å². The maximum absolute atomic E-state index is 6.07. The van der Waals surface area contributed by atoms with Crippen LogP contribution in [0.4, 0.5) is 5.82 Å². The van der Waals surface area contributed by atoms with Crippen LogP contribution in [0, 0.1) is 5.92 Å². The number of methoxy groups -OCH3 is 1. The van der Waals surface area contributed by atoms with Gasteiger partial charge in [0.2, 0.25) is 5.88 Å². The van der Waals surface area contributed by atoms with Crippen molar-refractivity contribution >= 4 is 17.4 Å². The molecule has 0 bridgehead atoms. The predicted molar refractivity (Wildman–Crippen MR) is 66.3 cm³/mol. The minimum Gasteiger partial charge on any atom is -0.481 e. The lowest BCUT2D eigenvalue weighted by Gasteiger charge is -2.11. The van der Waals surface area contributed by atoms with Crippen LogP contribution in [0.1, 0.15) is 19.3 Å².